The average Bonchev–Trinajstić information content (AvgIpc) is 2.40. The molecule has 1 aromatic heterocycles. The third kappa shape index (κ3) is 3.01. The van der Waals surface area contributed by atoms with Gasteiger partial charge >= 0.3 is 5.97 Å². The maximum atomic E-state index is 13.2. The predicted molar refractivity (Wildman–Crippen MR) is 58.0 cm³/mol. The first-order valence-corrected chi connectivity index (χ1v) is 5.77. The van der Waals surface area contributed by atoms with Crippen molar-refractivity contribution in [3.63, 3.8) is 0 Å². The van der Waals surface area contributed by atoms with Gasteiger partial charge in [0, 0.05) is 12.8 Å². The minimum atomic E-state index is -1.31. The Labute approximate surface area is 103 Å². The number of rotatable bonds is 3. The fourth-order valence-electron chi connectivity index (χ4n) is 1.76. The summed E-state index contributed by atoms with van der Waals surface area (Å²) < 4.78 is 36.3. The van der Waals surface area contributed by atoms with Crippen LogP contribution >= 0.6 is 0 Å². The minimum Gasteiger partial charge on any atom is -0.459 e. The van der Waals surface area contributed by atoms with E-state index in [1.807, 2.05) is 0 Å². The van der Waals surface area contributed by atoms with Crippen LogP contribution in [0.25, 0.3) is 0 Å². The van der Waals surface area contributed by atoms with E-state index in [0.29, 0.717) is 6.61 Å². The predicted octanol–water partition coefficient (Wildman–Crippen LogP) is 2.09. The molecular formula is C12H13F2NO3. The number of hydrogen-bond donors (Lipinski definition) is 0. The van der Waals surface area contributed by atoms with Crippen molar-refractivity contribution >= 4 is 5.97 Å². The summed E-state index contributed by atoms with van der Waals surface area (Å²) in [6, 6.07) is 1.09. The van der Waals surface area contributed by atoms with Crippen LogP contribution in [0.4, 0.5) is 8.78 Å². The van der Waals surface area contributed by atoms with Crippen molar-refractivity contribution in [1.82, 2.24) is 4.98 Å². The van der Waals surface area contributed by atoms with Crippen LogP contribution in [-0.2, 0) is 9.47 Å². The van der Waals surface area contributed by atoms with Gasteiger partial charge in [0.25, 0.3) is 0 Å². The largest absolute Gasteiger partial charge is 0.459 e. The highest BCUT2D eigenvalue weighted by Gasteiger charge is 2.20. The Hall–Kier alpha value is -1.56. The number of nitrogens with zero attached hydrogens (tertiary/aromatic N) is 1. The zero-order valence-electron chi connectivity index (χ0n) is 9.70. The lowest BCUT2D eigenvalue weighted by atomic mass is 10.1. The highest BCUT2D eigenvalue weighted by atomic mass is 19.2. The molecule has 1 aliphatic rings. The summed E-state index contributed by atoms with van der Waals surface area (Å²) in [7, 11) is 0. The van der Waals surface area contributed by atoms with E-state index in [2.05, 4.69) is 4.98 Å². The molecule has 0 N–H and O–H groups in total. The summed E-state index contributed by atoms with van der Waals surface area (Å²) in [5.74, 6) is -3.49. The number of carbonyl (C=O) groups is 1. The van der Waals surface area contributed by atoms with Gasteiger partial charge in [0.1, 0.15) is 12.2 Å². The Morgan fingerprint density at radius 1 is 1.50 bits per heavy atom. The number of ether oxygens (including phenoxy) is 2. The summed E-state index contributed by atoms with van der Waals surface area (Å²) in [4.78, 5) is 14.6. The molecule has 4 nitrogen and oxygen atoms in total. The van der Waals surface area contributed by atoms with Crippen LogP contribution in [0, 0.1) is 11.8 Å². The second-order valence-electron chi connectivity index (χ2n) is 4.05. The van der Waals surface area contributed by atoms with Crippen LogP contribution in [0.5, 0.6) is 0 Å². The van der Waals surface area contributed by atoms with Crippen molar-refractivity contribution in [2.45, 2.75) is 25.4 Å². The number of carbonyl (C=O) groups excluding carboxylic acids is 1. The van der Waals surface area contributed by atoms with Crippen molar-refractivity contribution < 1.29 is 23.0 Å². The maximum Gasteiger partial charge on any atom is 0.341 e. The molecule has 1 unspecified atom stereocenters. The van der Waals surface area contributed by atoms with Crippen molar-refractivity contribution in [2.75, 3.05) is 13.2 Å². The van der Waals surface area contributed by atoms with Gasteiger partial charge in [0.2, 0.25) is 5.95 Å². The number of halogens is 2. The molecule has 1 aliphatic heterocycles. The number of esters is 1. The summed E-state index contributed by atoms with van der Waals surface area (Å²) in [6.07, 6.45) is 3.68. The third-order valence-corrected chi connectivity index (χ3v) is 2.74. The molecule has 1 atom stereocenters. The lowest BCUT2D eigenvalue weighted by molar-refractivity contribution is -0.0302. The van der Waals surface area contributed by atoms with Gasteiger partial charge in [-0.15, -0.1) is 0 Å². The quantitative estimate of drug-likeness (QED) is 0.614. The van der Waals surface area contributed by atoms with Gasteiger partial charge in [0.15, 0.2) is 5.82 Å². The van der Waals surface area contributed by atoms with E-state index in [0.717, 1.165) is 31.5 Å². The molecule has 1 saturated heterocycles. The molecule has 2 heterocycles. The average molecular weight is 257 g/mol. The molecule has 6 heteroatoms. The molecule has 98 valence electrons. The molecular weight excluding hydrogens is 244 g/mol. The van der Waals surface area contributed by atoms with Gasteiger partial charge in [-0.05, 0) is 25.3 Å². The second-order valence-corrected chi connectivity index (χ2v) is 4.05. The van der Waals surface area contributed by atoms with E-state index < -0.39 is 23.3 Å². The number of hydrogen-bond acceptors (Lipinski definition) is 4. The van der Waals surface area contributed by atoms with Crippen molar-refractivity contribution in [2.24, 2.45) is 0 Å². The Morgan fingerprint density at radius 3 is 3.06 bits per heavy atom. The molecule has 0 aliphatic carbocycles. The van der Waals surface area contributed by atoms with Gasteiger partial charge in [0.05, 0.1) is 6.10 Å². The standard InChI is InChI=1S/C12H13F2NO3/c13-10-9(4-5-15-11(10)14)12(16)18-7-8-3-1-2-6-17-8/h4-5,8H,1-3,6-7H2. The maximum absolute atomic E-state index is 13.2. The van der Waals surface area contributed by atoms with Gasteiger partial charge in [-0.25, -0.2) is 14.2 Å². The summed E-state index contributed by atoms with van der Waals surface area (Å²) >= 11 is 0. The first-order chi connectivity index (χ1) is 8.68. The first-order valence-electron chi connectivity index (χ1n) is 5.77. The van der Waals surface area contributed by atoms with Crippen molar-refractivity contribution in [3.05, 3.63) is 29.6 Å². The van der Waals surface area contributed by atoms with E-state index in [9.17, 15) is 13.6 Å². The smallest absolute Gasteiger partial charge is 0.341 e. The van der Waals surface area contributed by atoms with Gasteiger partial charge in [-0.1, -0.05) is 0 Å². The number of aromatic nitrogens is 1. The van der Waals surface area contributed by atoms with E-state index >= 15 is 0 Å². The zero-order valence-corrected chi connectivity index (χ0v) is 9.70. The van der Waals surface area contributed by atoms with Crippen LogP contribution in [-0.4, -0.2) is 30.3 Å². The SMILES string of the molecule is O=C(OCC1CCCCO1)c1ccnc(F)c1F. The molecule has 18 heavy (non-hydrogen) atoms. The first kappa shape index (κ1) is 12.9. The third-order valence-electron chi connectivity index (χ3n) is 2.74. The van der Waals surface area contributed by atoms with Crippen molar-refractivity contribution in [3.8, 4) is 0 Å². The Kier molecular flexibility index (Phi) is 4.19. The van der Waals surface area contributed by atoms with Crippen LogP contribution in [0.2, 0.25) is 0 Å². The molecule has 0 spiro atoms. The fourth-order valence-corrected chi connectivity index (χ4v) is 1.76. The van der Waals surface area contributed by atoms with E-state index in [1.54, 1.807) is 0 Å². The van der Waals surface area contributed by atoms with Crippen LogP contribution in [0.3, 0.4) is 0 Å². The Bertz CT molecular complexity index is 433. The molecule has 1 aromatic rings. The molecule has 0 amide bonds. The van der Waals surface area contributed by atoms with Crippen LogP contribution in [0.15, 0.2) is 12.3 Å². The molecule has 0 aromatic carbocycles. The van der Waals surface area contributed by atoms with E-state index in [4.69, 9.17) is 9.47 Å². The zero-order chi connectivity index (χ0) is 13.0. The normalized spacial score (nSPS) is 19.6. The Morgan fingerprint density at radius 2 is 2.33 bits per heavy atom. The lowest BCUT2D eigenvalue weighted by Gasteiger charge is -2.22. The van der Waals surface area contributed by atoms with Crippen molar-refractivity contribution in [1.29, 1.82) is 0 Å². The summed E-state index contributed by atoms with van der Waals surface area (Å²) in [5.41, 5.74) is -0.446. The molecule has 1 fully saturated rings. The molecule has 2 rings (SSSR count). The molecule has 0 radical (unpaired) electrons. The van der Waals surface area contributed by atoms with E-state index in [1.165, 1.54) is 0 Å². The van der Waals surface area contributed by atoms with Gasteiger partial charge in [-0.3, -0.25) is 0 Å². The van der Waals surface area contributed by atoms with Gasteiger partial charge in [-0.2, -0.15) is 4.39 Å². The van der Waals surface area contributed by atoms with Crippen LogP contribution in [0.1, 0.15) is 29.6 Å². The molecule has 0 saturated carbocycles. The van der Waals surface area contributed by atoms with Crippen LogP contribution < -0.4 is 0 Å². The molecule has 0 bridgehead atoms. The monoisotopic (exact) mass is 257 g/mol. The second kappa shape index (κ2) is 5.86. The Balaban J connectivity index is 1.93. The topological polar surface area (TPSA) is 48.4 Å². The lowest BCUT2D eigenvalue weighted by Crippen LogP contribution is -2.26. The summed E-state index contributed by atoms with van der Waals surface area (Å²) in [5, 5.41) is 0. The summed E-state index contributed by atoms with van der Waals surface area (Å²) in [6.45, 7) is 0.697. The minimum absolute atomic E-state index is 0.0578. The highest BCUT2D eigenvalue weighted by molar-refractivity contribution is 5.89. The number of pyridine rings is 1. The van der Waals surface area contributed by atoms with E-state index in [-0.39, 0.29) is 12.7 Å². The highest BCUT2D eigenvalue weighted by Crippen LogP contribution is 2.15. The van der Waals surface area contributed by atoms with Gasteiger partial charge < -0.3 is 9.47 Å². The fraction of sp³-hybridized carbons (Fsp3) is 0.500.